The van der Waals surface area contributed by atoms with E-state index < -0.39 is 6.04 Å². The average molecular weight is 387 g/mol. The lowest BCUT2D eigenvalue weighted by atomic mass is 10.1. The fourth-order valence-corrected chi connectivity index (χ4v) is 3.07. The van der Waals surface area contributed by atoms with Gasteiger partial charge in [0.05, 0.1) is 6.42 Å². The lowest BCUT2D eigenvalue weighted by molar-refractivity contribution is -0.139. The molecule has 0 aromatic heterocycles. The van der Waals surface area contributed by atoms with Gasteiger partial charge in [0, 0.05) is 18.1 Å². The third-order valence-corrected chi connectivity index (χ3v) is 4.87. The number of halogens is 1. The lowest BCUT2D eigenvalue weighted by Crippen LogP contribution is -2.49. The summed E-state index contributed by atoms with van der Waals surface area (Å²) < 4.78 is 0. The van der Waals surface area contributed by atoms with E-state index in [1.54, 1.807) is 17.9 Å². The van der Waals surface area contributed by atoms with E-state index in [-0.39, 0.29) is 18.2 Å². The third kappa shape index (κ3) is 6.40. The van der Waals surface area contributed by atoms with Gasteiger partial charge in [0.15, 0.2) is 0 Å². The zero-order valence-electron chi connectivity index (χ0n) is 16.0. The molecule has 2 rings (SSSR count). The predicted molar refractivity (Wildman–Crippen MR) is 110 cm³/mol. The normalized spacial score (nSPS) is 11.7. The maximum absolute atomic E-state index is 13.0. The zero-order valence-corrected chi connectivity index (χ0v) is 16.7. The summed E-state index contributed by atoms with van der Waals surface area (Å²) >= 11 is 6.21. The number of carbonyl (C=O) groups excluding carboxylic acids is 2. The Morgan fingerprint density at radius 2 is 1.74 bits per heavy atom. The van der Waals surface area contributed by atoms with E-state index >= 15 is 0 Å². The Labute approximate surface area is 166 Å². The zero-order chi connectivity index (χ0) is 19.6. The lowest BCUT2D eigenvalue weighted by Gasteiger charge is -2.29. The van der Waals surface area contributed by atoms with Gasteiger partial charge in [-0.1, -0.05) is 67.1 Å². The van der Waals surface area contributed by atoms with Crippen LogP contribution in [0, 0.1) is 0 Å². The Balaban J connectivity index is 2.13. The molecule has 0 heterocycles. The van der Waals surface area contributed by atoms with Crippen LogP contribution in [0.2, 0.25) is 5.02 Å². The van der Waals surface area contributed by atoms with Crippen molar-refractivity contribution in [2.75, 3.05) is 13.1 Å². The van der Waals surface area contributed by atoms with Crippen LogP contribution >= 0.6 is 11.6 Å². The number of nitrogens with zero attached hydrogens (tertiary/aromatic N) is 1. The van der Waals surface area contributed by atoms with Crippen molar-refractivity contribution in [3.8, 4) is 0 Å². The molecule has 27 heavy (non-hydrogen) atoms. The highest BCUT2D eigenvalue weighted by Crippen LogP contribution is 2.17. The smallest absolute Gasteiger partial charge is 0.242 e. The van der Waals surface area contributed by atoms with E-state index in [1.807, 2.05) is 55.5 Å². The minimum atomic E-state index is -0.532. The van der Waals surface area contributed by atoms with E-state index in [0.717, 1.165) is 17.5 Å². The van der Waals surface area contributed by atoms with Gasteiger partial charge in [0.2, 0.25) is 11.8 Å². The number of nitrogens with one attached hydrogen (secondary N) is 1. The highest BCUT2D eigenvalue weighted by molar-refractivity contribution is 6.31. The second kappa shape index (κ2) is 10.7. The van der Waals surface area contributed by atoms with E-state index in [2.05, 4.69) is 5.32 Å². The second-order valence-corrected chi connectivity index (χ2v) is 6.97. The number of hydrogen-bond donors (Lipinski definition) is 1. The standard InChI is InChI=1S/C22H27ClN2O2/c1-3-14-24-22(27)17(2)25(15-13-18-9-5-4-6-10-18)21(26)16-19-11-7-8-12-20(19)23/h4-12,17H,3,13-16H2,1-2H3,(H,24,27). The summed E-state index contributed by atoms with van der Waals surface area (Å²) in [7, 11) is 0. The second-order valence-electron chi connectivity index (χ2n) is 6.56. The summed E-state index contributed by atoms with van der Waals surface area (Å²) in [6, 6.07) is 16.8. The largest absolute Gasteiger partial charge is 0.354 e. The molecule has 0 fully saturated rings. The molecular formula is C22H27ClN2O2. The predicted octanol–water partition coefficient (Wildman–Crippen LogP) is 3.87. The topological polar surface area (TPSA) is 49.4 Å². The molecule has 2 aromatic rings. The van der Waals surface area contributed by atoms with Crippen LogP contribution in [0.1, 0.15) is 31.4 Å². The summed E-state index contributed by atoms with van der Waals surface area (Å²) in [5, 5.41) is 3.45. The first-order valence-corrected chi connectivity index (χ1v) is 9.75. The molecule has 0 saturated heterocycles. The Hall–Kier alpha value is -2.33. The van der Waals surface area contributed by atoms with Gasteiger partial charge in [0.1, 0.15) is 6.04 Å². The molecule has 144 valence electrons. The summed E-state index contributed by atoms with van der Waals surface area (Å²) in [6.45, 7) is 4.86. The number of carbonyl (C=O) groups is 2. The summed E-state index contributed by atoms with van der Waals surface area (Å²) in [4.78, 5) is 27.1. The fraction of sp³-hybridized carbons (Fsp3) is 0.364. The number of benzene rings is 2. The monoisotopic (exact) mass is 386 g/mol. The molecule has 0 bridgehead atoms. The van der Waals surface area contributed by atoms with Crippen LogP contribution in [0.3, 0.4) is 0 Å². The fourth-order valence-electron chi connectivity index (χ4n) is 2.87. The van der Waals surface area contributed by atoms with Gasteiger partial charge in [-0.3, -0.25) is 9.59 Å². The molecule has 2 amide bonds. The van der Waals surface area contributed by atoms with Crippen molar-refractivity contribution in [1.29, 1.82) is 0 Å². The van der Waals surface area contributed by atoms with Crippen LogP contribution in [0.15, 0.2) is 54.6 Å². The van der Waals surface area contributed by atoms with Crippen molar-refractivity contribution >= 4 is 23.4 Å². The highest BCUT2D eigenvalue weighted by atomic mass is 35.5. The minimum absolute atomic E-state index is 0.0989. The Kier molecular flexibility index (Phi) is 8.34. The number of amides is 2. The maximum atomic E-state index is 13.0. The molecule has 0 aliphatic heterocycles. The third-order valence-electron chi connectivity index (χ3n) is 4.50. The summed E-state index contributed by atoms with van der Waals surface area (Å²) in [5.74, 6) is -0.226. The van der Waals surface area contributed by atoms with Crippen LogP contribution in [0.4, 0.5) is 0 Å². The van der Waals surface area contributed by atoms with E-state index in [9.17, 15) is 9.59 Å². The molecule has 1 unspecified atom stereocenters. The summed E-state index contributed by atoms with van der Waals surface area (Å²) in [6.07, 6.45) is 1.73. The van der Waals surface area contributed by atoms with E-state index in [0.29, 0.717) is 24.5 Å². The van der Waals surface area contributed by atoms with Gasteiger partial charge in [-0.2, -0.15) is 0 Å². The molecule has 0 spiro atoms. The van der Waals surface area contributed by atoms with Crippen molar-refractivity contribution in [3.05, 3.63) is 70.7 Å². The van der Waals surface area contributed by atoms with Gasteiger partial charge in [0.25, 0.3) is 0 Å². The highest BCUT2D eigenvalue weighted by Gasteiger charge is 2.25. The van der Waals surface area contributed by atoms with Crippen molar-refractivity contribution in [2.45, 2.75) is 39.2 Å². The molecule has 5 heteroatoms. The van der Waals surface area contributed by atoms with Gasteiger partial charge in [-0.15, -0.1) is 0 Å². The first kappa shape index (κ1) is 21.0. The molecule has 1 atom stereocenters. The quantitative estimate of drug-likeness (QED) is 0.711. The first-order chi connectivity index (χ1) is 13.0. The molecule has 0 aliphatic rings. The molecule has 4 nitrogen and oxygen atoms in total. The Morgan fingerprint density at radius 1 is 1.07 bits per heavy atom. The summed E-state index contributed by atoms with van der Waals surface area (Å²) in [5.41, 5.74) is 1.91. The molecule has 2 aromatic carbocycles. The molecule has 0 radical (unpaired) electrons. The van der Waals surface area contributed by atoms with E-state index in [1.165, 1.54) is 0 Å². The van der Waals surface area contributed by atoms with Crippen LogP contribution in [0.5, 0.6) is 0 Å². The van der Waals surface area contributed by atoms with Gasteiger partial charge < -0.3 is 10.2 Å². The first-order valence-electron chi connectivity index (χ1n) is 9.37. The van der Waals surface area contributed by atoms with Crippen molar-refractivity contribution in [3.63, 3.8) is 0 Å². The molecule has 0 aliphatic carbocycles. The van der Waals surface area contributed by atoms with Crippen molar-refractivity contribution in [1.82, 2.24) is 10.2 Å². The molecule has 0 saturated carbocycles. The van der Waals surface area contributed by atoms with Crippen molar-refractivity contribution < 1.29 is 9.59 Å². The maximum Gasteiger partial charge on any atom is 0.242 e. The molecular weight excluding hydrogens is 360 g/mol. The van der Waals surface area contributed by atoms with Crippen LogP contribution in [-0.4, -0.2) is 35.8 Å². The van der Waals surface area contributed by atoms with Gasteiger partial charge in [-0.05, 0) is 37.0 Å². The Bertz CT molecular complexity index is 749. The van der Waals surface area contributed by atoms with Gasteiger partial charge in [-0.25, -0.2) is 0 Å². The Morgan fingerprint density at radius 3 is 2.41 bits per heavy atom. The SMILES string of the molecule is CCCNC(=O)C(C)N(CCc1ccccc1)C(=O)Cc1ccccc1Cl. The van der Waals surface area contributed by atoms with Gasteiger partial charge >= 0.3 is 0 Å². The minimum Gasteiger partial charge on any atom is -0.354 e. The average Bonchev–Trinajstić information content (AvgIpc) is 2.68. The van der Waals surface area contributed by atoms with Crippen LogP contribution in [0.25, 0.3) is 0 Å². The number of hydrogen-bond acceptors (Lipinski definition) is 2. The van der Waals surface area contributed by atoms with Crippen LogP contribution < -0.4 is 5.32 Å². The van der Waals surface area contributed by atoms with E-state index in [4.69, 9.17) is 11.6 Å². The molecule has 1 N–H and O–H groups in total. The van der Waals surface area contributed by atoms with Crippen molar-refractivity contribution in [2.24, 2.45) is 0 Å². The van der Waals surface area contributed by atoms with Crippen LogP contribution in [-0.2, 0) is 22.4 Å². The number of rotatable bonds is 9.